The van der Waals surface area contributed by atoms with E-state index in [2.05, 4.69) is 67.9 Å². The number of nitrogens with zero attached hydrogens (tertiary/aromatic N) is 2. The summed E-state index contributed by atoms with van der Waals surface area (Å²) in [7, 11) is 0. The van der Waals surface area contributed by atoms with Gasteiger partial charge in [-0.1, -0.05) is 30.3 Å². The molecule has 3 aromatic rings. The van der Waals surface area contributed by atoms with Crippen molar-refractivity contribution in [2.75, 3.05) is 5.32 Å². The fourth-order valence-corrected chi connectivity index (χ4v) is 2.42. The molecule has 0 fully saturated rings. The monoisotopic (exact) mass is 315 g/mol. The number of fused-ring (bicyclic) bond motifs is 1. The molecule has 1 N–H and O–H groups in total. The molecule has 1 aromatic carbocycles. The lowest BCUT2D eigenvalue weighted by molar-refractivity contribution is 0.629. The molecule has 0 spiro atoms. The molecule has 0 bridgehead atoms. The van der Waals surface area contributed by atoms with Gasteiger partial charge in [-0.3, -0.25) is 4.40 Å². The molecule has 0 atom stereocenters. The van der Waals surface area contributed by atoms with Gasteiger partial charge in [-0.2, -0.15) is 0 Å². The Morgan fingerprint density at radius 1 is 1.05 bits per heavy atom. The number of aromatic nitrogens is 2. The minimum absolute atomic E-state index is 0. The van der Waals surface area contributed by atoms with E-state index in [9.17, 15) is 0 Å². The van der Waals surface area contributed by atoms with Gasteiger partial charge in [0.1, 0.15) is 17.2 Å². The summed E-state index contributed by atoms with van der Waals surface area (Å²) in [6.07, 6.45) is 2.08. The third-order valence-corrected chi connectivity index (χ3v) is 3.32. The fraction of sp³-hybridized carbons (Fsp3) is 0.278. The molecule has 3 nitrogen and oxygen atoms in total. The zero-order chi connectivity index (χ0) is 15.0. The van der Waals surface area contributed by atoms with Crippen LogP contribution in [-0.2, 0) is 0 Å². The first-order chi connectivity index (χ1) is 9.94. The quantitative estimate of drug-likeness (QED) is 0.725. The largest absolute Gasteiger partial charge is 0.365 e. The summed E-state index contributed by atoms with van der Waals surface area (Å²) in [4.78, 5) is 4.83. The Morgan fingerprint density at radius 3 is 2.36 bits per heavy atom. The predicted molar refractivity (Wildman–Crippen MR) is 96.0 cm³/mol. The van der Waals surface area contributed by atoms with Crippen molar-refractivity contribution in [3.63, 3.8) is 0 Å². The number of benzene rings is 1. The van der Waals surface area contributed by atoms with E-state index in [0.29, 0.717) is 0 Å². The van der Waals surface area contributed by atoms with Crippen molar-refractivity contribution >= 4 is 23.9 Å². The molecule has 0 aliphatic rings. The molecule has 3 rings (SSSR count). The average Bonchev–Trinajstić information content (AvgIpc) is 2.76. The molecule has 0 saturated carbocycles. The standard InChI is InChI=1S/C18H21N3.ClH/c1-13-10-11-21-15(12-13)19-16(14-8-6-5-7-9-14)17(21)20-18(2,3)4;/h5-12,20H,1-4H3;1H. The second-order valence-corrected chi connectivity index (χ2v) is 6.48. The van der Waals surface area contributed by atoms with Crippen molar-refractivity contribution in [1.29, 1.82) is 0 Å². The first-order valence-electron chi connectivity index (χ1n) is 7.26. The number of pyridine rings is 1. The first kappa shape index (κ1) is 16.4. The van der Waals surface area contributed by atoms with Gasteiger partial charge < -0.3 is 5.32 Å². The summed E-state index contributed by atoms with van der Waals surface area (Å²) in [6, 6.07) is 14.5. The number of hydrogen-bond acceptors (Lipinski definition) is 2. The van der Waals surface area contributed by atoms with Crippen molar-refractivity contribution in [2.24, 2.45) is 0 Å². The lowest BCUT2D eigenvalue weighted by Gasteiger charge is -2.22. The maximum Gasteiger partial charge on any atom is 0.139 e. The van der Waals surface area contributed by atoms with Gasteiger partial charge in [0.05, 0.1) is 0 Å². The number of hydrogen-bond donors (Lipinski definition) is 1. The van der Waals surface area contributed by atoms with Crippen LogP contribution in [0.1, 0.15) is 26.3 Å². The van der Waals surface area contributed by atoms with Crippen LogP contribution in [0, 0.1) is 6.92 Å². The highest BCUT2D eigenvalue weighted by Crippen LogP contribution is 2.30. The summed E-state index contributed by atoms with van der Waals surface area (Å²) >= 11 is 0. The van der Waals surface area contributed by atoms with E-state index in [-0.39, 0.29) is 17.9 Å². The lowest BCUT2D eigenvalue weighted by atomic mass is 10.1. The summed E-state index contributed by atoms with van der Waals surface area (Å²) in [5.74, 6) is 1.05. The third-order valence-electron chi connectivity index (χ3n) is 3.32. The van der Waals surface area contributed by atoms with Crippen LogP contribution in [0.2, 0.25) is 0 Å². The number of halogens is 1. The topological polar surface area (TPSA) is 29.3 Å². The van der Waals surface area contributed by atoms with E-state index in [1.165, 1.54) is 5.56 Å². The van der Waals surface area contributed by atoms with Gasteiger partial charge in [0.25, 0.3) is 0 Å². The predicted octanol–water partition coefficient (Wildman–Crippen LogP) is 4.94. The van der Waals surface area contributed by atoms with Crippen LogP contribution in [0.5, 0.6) is 0 Å². The number of imidazole rings is 1. The summed E-state index contributed by atoms with van der Waals surface area (Å²) < 4.78 is 2.13. The molecule has 0 unspecified atom stereocenters. The van der Waals surface area contributed by atoms with E-state index < -0.39 is 0 Å². The second kappa shape index (κ2) is 6.01. The molecule has 0 saturated heterocycles. The Kier molecular flexibility index (Phi) is 4.47. The van der Waals surface area contributed by atoms with E-state index in [4.69, 9.17) is 4.98 Å². The van der Waals surface area contributed by atoms with E-state index in [0.717, 1.165) is 22.7 Å². The van der Waals surface area contributed by atoms with Gasteiger partial charge in [0, 0.05) is 17.3 Å². The Hall–Kier alpha value is -2.00. The Bertz CT molecular complexity index is 770. The minimum atomic E-state index is -0.0234. The molecule has 2 aromatic heterocycles. The molecule has 2 heterocycles. The van der Waals surface area contributed by atoms with Crippen LogP contribution in [-0.4, -0.2) is 14.9 Å². The highest BCUT2D eigenvalue weighted by Gasteiger charge is 2.18. The highest BCUT2D eigenvalue weighted by atomic mass is 35.5. The van der Waals surface area contributed by atoms with Crippen molar-refractivity contribution in [3.8, 4) is 11.3 Å². The SMILES string of the molecule is Cc1ccn2c(NC(C)(C)C)c(-c3ccccc3)nc2c1.Cl. The Morgan fingerprint density at radius 2 is 1.73 bits per heavy atom. The molecule has 4 heteroatoms. The van der Waals surface area contributed by atoms with Crippen molar-refractivity contribution in [2.45, 2.75) is 33.2 Å². The smallest absolute Gasteiger partial charge is 0.139 e. The van der Waals surface area contributed by atoms with Crippen LogP contribution in [0.3, 0.4) is 0 Å². The van der Waals surface area contributed by atoms with E-state index in [1.807, 2.05) is 18.2 Å². The number of aryl methyl sites for hydroxylation is 1. The van der Waals surface area contributed by atoms with Crippen molar-refractivity contribution < 1.29 is 0 Å². The van der Waals surface area contributed by atoms with Gasteiger partial charge >= 0.3 is 0 Å². The lowest BCUT2D eigenvalue weighted by Crippen LogP contribution is -2.27. The van der Waals surface area contributed by atoms with Gasteiger partial charge in [0.15, 0.2) is 0 Å². The van der Waals surface area contributed by atoms with Crippen LogP contribution < -0.4 is 5.32 Å². The van der Waals surface area contributed by atoms with Crippen LogP contribution in [0.4, 0.5) is 5.82 Å². The van der Waals surface area contributed by atoms with Crippen LogP contribution >= 0.6 is 12.4 Å². The molecule has 116 valence electrons. The number of anilines is 1. The van der Waals surface area contributed by atoms with Crippen molar-refractivity contribution in [3.05, 3.63) is 54.2 Å². The van der Waals surface area contributed by atoms with Crippen LogP contribution in [0.15, 0.2) is 48.7 Å². The molecule has 0 aliphatic carbocycles. The minimum Gasteiger partial charge on any atom is -0.365 e. The zero-order valence-corrected chi connectivity index (χ0v) is 14.2. The average molecular weight is 316 g/mol. The summed E-state index contributed by atoms with van der Waals surface area (Å²) in [5, 5.41) is 3.59. The van der Waals surface area contributed by atoms with Gasteiger partial charge in [0.2, 0.25) is 0 Å². The molecule has 0 amide bonds. The Balaban J connectivity index is 0.00000176. The fourth-order valence-electron chi connectivity index (χ4n) is 2.42. The number of nitrogens with one attached hydrogen (secondary N) is 1. The Labute approximate surface area is 137 Å². The molecule has 0 radical (unpaired) electrons. The second-order valence-electron chi connectivity index (χ2n) is 6.48. The van der Waals surface area contributed by atoms with E-state index in [1.54, 1.807) is 0 Å². The van der Waals surface area contributed by atoms with Gasteiger partial charge in [-0.05, 0) is 45.4 Å². The number of rotatable bonds is 2. The zero-order valence-electron chi connectivity index (χ0n) is 13.4. The summed E-state index contributed by atoms with van der Waals surface area (Å²) in [5.41, 5.74) is 4.29. The van der Waals surface area contributed by atoms with E-state index >= 15 is 0 Å². The highest BCUT2D eigenvalue weighted by molar-refractivity contribution is 5.85. The molecule has 22 heavy (non-hydrogen) atoms. The first-order valence-corrected chi connectivity index (χ1v) is 7.26. The molecular weight excluding hydrogens is 294 g/mol. The molecular formula is C18H22ClN3. The molecule has 0 aliphatic heterocycles. The van der Waals surface area contributed by atoms with Crippen LogP contribution in [0.25, 0.3) is 16.9 Å². The van der Waals surface area contributed by atoms with Gasteiger partial charge in [-0.25, -0.2) is 4.98 Å². The normalized spacial score (nSPS) is 11.3. The maximum atomic E-state index is 4.83. The van der Waals surface area contributed by atoms with Gasteiger partial charge in [-0.15, -0.1) is 12.4 Å². The maximum absolute atomic E-state index is 4.83. The van der Waals surface area contributed by atoms with Crippen molar-refractivity contribution in [1.82, 2.24) is 9.38 Å². The third kappa shape index (κ3) is 3.25. The summed E-state index contributed by atoms with van der Waals surface area (Å²) in [6.45, 7) is 8.58.